The average molecular weight is 434 g/mol. The van der Waals surface area contributed by atoms with E-state index in [2.05, 4.69) is 0 Å². The number of nitrogens with zero attached hydrogens (tertiary/aromatic N) is 2. The third-order valence-corrected chi connectivity index (χ3v) is 6.18. The number of aryl methyl sites for hydroxylation is 2. The fourth-order valence-corrected chi connectivity index (χ4v) is 4.31. The number of likely N-dealkylation sites (tertiary alicyclic amines) is 1. The summed E-state index contributed by atoms with van der Waals surface area (Å²) < 4.78 is 5.22. The predicted octanol–water partition coefficient (Wildman–Crippen LogP) is 3.66. The molecule has 0 spiro atoms. The van der Waals surface area contributed by atoms with Crippen LogP contribution in [0.5, 0.6) is 0 Å². The lowest BCUT2D eigenvalue weighted by Gasteiger charge is -2.33. The van der Waals surface area contributed by atoms with Crippen LogP contribution in [0.1, 0.15) is 68.4 Å². The zero-order valence-corrected chi connectivity index (χ0v) is 18.5. The van der Waals surface area contributed by atoms with Crippen LogP contribution in [-0.4, -0.2) is 47.8 Å². The van der Waals surface area contributed by atoms with Gasteiger partial charge >= 0.3 is 5.97 Å². The van der Waals surface area contributed by atoms with E-state index in [1.54, 1.807) is 11.0 Å². The molecule has 0 bridgehead atoms. The van der Waals surface area contributed by atoms with Gasteiger partial charge in [-0.3, -0.25) is 14.4 Å². The van der Waals surface area contributed by atoms with Crippen LogP contribution in [0.2, 0.25) is 0 Å². The van der Waals surface area contributed by atoms with Gasteiger partial charge in [-0.25, -0.2) is 9.69 Å². The Kier molecular flexibility index (Phi) is 5.82. The second-order valence-electron chi connectivity index (χ2n) is 8.50. The van der Waals surface area contributed by atoms with Crippen LogP contribution in [0.4, 0.5) is 5.69 Å². The standard InChI is InChI=1S/C25H26N2O5/c1-15-7-8-16(2)21(12-15)27-23(29)19-10-9-18(13-20(19)24(27)30)25(31)32-14-22(28)26-11-5-4-6-17(26)3/h7-10,12-13,17H,4-6,11,14H2,1-3H3. The molecule has 0 aromatic heterocycles. The highest BCUT2D eigenvalue weighted by atomic mass is 16.5. The first kappa shape index (κ1) is 21.7. The molecule has 2 aliphatic heterocycles. The van der Waals surface area contributed by atoms with Gasteiger partial charge in [-0.1, -0.05) is 12.1 Å². The Morgan fingerprint density at radius 2 is 1.75 bits per heavy atom. The van der Waals surface area contributed by atoms with E-state index in [4.69, 9.17) is 4.74 Å². The van der Waals surface area contributed by atoms with E-state index in [0.717, 1.165) is 35.3 Å². The quantitative estimate of drug-likeness (QED) is 0.542. The second kappa shape index (κ2) is 8.57. The van der Waals surface area contributed by atoms with Gasteiger partial charge in [0.1, 0.15) is 0 Å². The van der Waals surface area contributed by atoms with E-state index in [-0.39, 0.29) is 35.2 Å². The smallest absolute Gasteiger partial charge is 0.338 e. The Labute approximate surface area is 187 Å². The van der Waals surface area contributed by atoms with Crippen molar-refractivity contribution in [2.75, 3.05) is 18.1 Å². The van der Waals surface area contributed by atoms with E-state index < -0.39 is 17.8 Å². The van der Waals surface area contributed by atoms with Crippen LogP contribution in [0.3, 0.4) is 0 Å². The molecule has 2 aromatic rings. The van der Waals surface area contributed by atoms with Gasteiger partial charge in [0.05, 0.1) is 22.4 Å². The summed E-state index contributed by atoms with van der Waals surface area (Å²) in [6, 6.07) is 9.98. The number of anilines is 1. The molecule has 1 saturated heterocycles. The first-order chi connectivity index (χ1) is 15.3. The van der Waals surface area contributed by atoms with Crippen molar-refractivity contribution in [2.24, 2.45) is 0 Å². The van der Waals surface area contributed by atoms with Gasteiger partial charge in [0.25, 0.3) is 17.7 Å². The maximum absolute atomic E-state index is 13.0. The molecule has 0 N–H and O–H groups in total. The molecule has 2 aliphatic rings. The monoisotopic (exact) mass is 434 g/mol. The molecule has 2 heterocycles. The van der Waals surface area contributed by atoms with Crippen molar-refractivity contribution in [1.82, 2.24) is 4.90 Å². The van der Waals surface area contributed by atoms with E-state index in [1.807, 2.05) is 32.9 Å². The first-order valence-electron chi connectivity index (χ1n) is 10.8. The number of benzene rings is 2. The number of fused-ring (bicyclic) bond motifs is 1. The number of carbonyl (C=O) groups excluding carboxylic acids is 4. The van der Waals surface area contributed by atoms with Crippen molar-refractivity contribution < 1.29 is 23.9 Å². The maximum atomic E-state index is 13.0. The molecule has 1 fully saturated rings. The van der Waals surface area contributed by atoms with Gasteiger partial charge in [-0.15, -0.1) is 0 Å². The zero-order chi connectivity index (χ0) is 23.0. The average Bonchev–Trinajstić information content (AvgIpc) is 3.03. The van der Waals surface area contributed by atoms with E-state index in [9.17, 15) is 19.2 Å². The highest BCUT2D eigenvalue weighted by Gasteiger charge is 2.38. The van der Waals surface area contributed by atoms with E-state index >= 15 is 0 Å². The molecule has 0 aliphatic carbocycles. The number of esters is 1. The summed E-state index contributed by atoms with van der Waals surface area (Å²) >= 11 is 0. The van der Waals surface area contributed by atoms with Gasteiger partial charge in [-0.05, 0) is 75.4 Å². The summed E-state index contributed by atoms with van der Waals surface area (Å²) in [5.74, 6) is -1.82. The van der Waals surface area contributed by atoms with Crippen LogP contribution < -0.4 is 4.90 Å². The summed E-state index contributed by atoms with van der Waals surface area (Å²) in [6.45, 7) is 6.04. The molecule has 0 radical (unpaired) electrons. The van der Waals surface area contributed by atoms with Gasteiger partial charge in [0.15, 0.2) is 6.61 Å². The molecule has 1 atom stereocenters. The van der Waals surface area contributed by atoms with E-state index in [1.165, 1.54) is 18.2 Å². The molecule has 4 rings (SSSR count). The van der Waals surface area contributed by atoms with Crippen LogP contribution in [0.15, 0.2) is 36.4 Å². The van der Waals surface area contributed by atoms with Crippen molar-refractivity contribution in [3.63, 3.8) is 0 Å². The lowest BCUT2D eigenvalue weighted by molar-refractivity contribution is -0.137. The van der Waals surface area contributed by atoms with Gasteiger partial charge < -0.3 is 9.64 Å². The Morgan fingerprint density at radius 1 is 1.00 bits per heavy atom. The molecule has 2 aromatic carbocycles. The number of rotatable bonds is 4. The molecule has 32 heavy (non-hydrogen) atoms. The van der Waals surface area contributed by atoms with Crippen LogP contribution in [0, 0.1) is 13.8 Å². The molecular formula is C25H26N2O5. The van der Waals surface area contributed by atoms with Gasteiger partial charge in [0.2, 0.25) is 0 Å². The van der Waals surface area contributed by atoms with Crippen molar-refractivity contribution in [1.29, 1.82) is 0 Å². The lowest BCUT2D eigenvalue weighted by Crippen LogP contribution is -2.44. The number of ether oxygens (including phenoxy) is 1. The number of hydrogen-bond donors (Lipinski definition) is 0. The van der Waals surface area contributed by atoms with Gasteiger partial charge in [0, 0.05) is 12.6 Å². The molecule has 0 saturated carbocycles. The lowest BCUT2D eigenvalue weighted by atomic mass is 10.0. The van der Waals surface area contributed by atoms with Crippen molar-refractivity contribution in [3.8, 4) is 0 Å². The Bertz CT molecular complexity index is 1120. The number of hydrogen-bond acceptors (Lipinski definition) is 5. The molecule has 1 unspecified atom stereocenters. The molecule has 166 valence electrons. The van der Waals surface area contributed by atoms with Crippen molar-refractivity contribution in [3.05, 3.63) is 64.2 Å². The summed E-state index contributed by atoms with van der Waals surface area (Å²) in [7, 11) is 0. The number of amides is 3. The minimum absolute atomic E-state index is 0.132. The fraction of sp³-hybridized carbons (Fsp3) is 0.360. The minimum atomic E-state index is -0.698. The third-order valence-electron chi connectivity index (χ3n) is 6.18. The summed E-state index contributed by atoms with van der Waals surface area (Å²) in [4.78, 5) is 53.8. The van der Waals surface area contributed by atoms with Gasteiger partial charge in [-0.2, -0.15) is 0 Å². The Balaban J connectivity index is 1.50. The number of carbonyl (C=O) groups is 4. The number of imide groups is 1. The van der Waals surface area contributed by atoms with Crippen molar-refractivity contribution in [2.45, 2.75) is 46.1 Å². The van der Waals surface area contributed by atoms with Crippen molar-refractivity contribution >= 4 is 29.4 Å². The minimum Gasteiger partial charge on any atom is -0.452 e. The summed E-state index contributed by atoms with van der Waals surface area (Å²) in [6.07, 6.45) is 2.98. The highest BCUT2D eigenvalue weighted by Crippen LogP contribution is 2.32. The van der Waals surface area contributed by atoms with Crippen LogP contribution >= 0.6 is 0 Å². The number of piperidine rings is 1. The SMILES string of the molecule is Cc1ccc(C)c(N2C(=O)c3ccc(C(=O)OCC(=O)N4CCCCC4C)cc3C2=O)c1. The molecular weight excluding hydrogens is 408 g/mol. The topological polar surface area (TPSA) is 84.0 Å². The van der Waals surface area contributed by atoms with Crippen LogP contribution in [-0.2, 0) is 9.53 Å². The normalized spacial score (nSPS) is 18.0. The summed E-state index contributed by atoms with van der Waals surface area (Å²) in [5, 5.41) is 0. The molecule has 7 nitrogen and oxygen atoms in total. The highest BCUT2D eigenvalue weighted by molar-refractivity contribution is 6.35. The molecule has 7 heteroatoms. The Hall–Kier alpha value is -3.48. The van der Waals surface area contributed by atoms with Crippen LogP contribution in [0.25, 0.3) is 0 Å². The Morgan fingerprint density at radius 3 is 2.50 bits per heavy atom. The van der Waals surface area contributed by atoms with E-state index in [0.29, 0.717) is 12.2 Å². The first-order valence-corrected chi connectivity index (χ1v) is 10.8. The zero-order valence-electron chi connectivity index (χ0n) is 18.5. The molecule has 3 amide bonds. The third kappa shape index (κ3) is 3.90. The fourth-order valence-electron chi connectivity index (χ4n) is 4.31. The second-order valence-corrected chi connectivity index (χ2v) is 8.50. The predicted molar refractivity (Wildman–Crippen MR) is 119 cm³/mol. The largest absolute Gasteiger partial charge is 0.452 e. The summed E-state index contributed by atoms with van der Waals surface area (Å²) in [5.41, 5.74) is 2.79. The maximum Gasteiger partial charge on any atom is 0.338 e.